The van der Waals surface area contributed by atoms with Crippen LogP contribution in [0, 0.1) is 12.4 Å². The second-order valence-corrected chi connectivity index (χ2v) is 9.10. The summed E-state index contributed by atoms with van der Waals surface area (Å²) in [6.45, 7) is 12.4. The molecule has 4 aromatic rings. The van der Waals surface area contributed by atoms with Crippen molar-refractivity contribution in [2.24, 2.45) is 0 Å². The summed E-state index contributed by atoms with van der Waals surface area (Å²) < 4.78 is 32.1. The Bertz CT molecular complexity index is 1520. The van der Waals surface area contributed by atoms with E-state index in [1.54, 1.807) is 54.7 Å². The molecule has 5 rings (SSSR count). The van der Waals surface area contributed by atoms with Crippen molar-refractivity contribution in [1.82, 2.24) is 9.88 Å². The van der Waals surface area contributed by atoms with Crippen molar-refractivity contribution in [1.29, 1.82) is 0 Å². The summed E-state index contributed by atoms with van der Waals surface area (Å²) in [6, 6.07) is 17.5. The summed E-state index contributed by atoms with van der Waals surface area (Å²) >= 11 is 0. The molecule has 0 unspecified atom stereocenters. The average molecular weight is 542 g/mol. The number of nitrogens with one attached hydrogen (secondary N) is 2. The second-order valence-electron chi connectivity index (χ2n) is 9.10. The van der Waals surface area contributed by atoms with Crippen molar-refractivity contribution < 1.29 is 23.4 Å². The van der Waals surface area contributed by atoms with Gasteiger partial charge in [0.15, 0.2) is 0 Å². The van der Waals surface area contributed by atoms with Crippen LogP contribution in [0.3, 0.4) is 0 Å². The molecule has 1 aliphatic heterocycles. The topological polar surface area (TPSA) is 89.3 Å². The van der Waals surface area contributed by atoms with Gasteiger partial charge in [0.2, 0.25) is 5.69 Å². The lowest BCUT2D eigenvalue weighted by Gasteiger charge is -2.26. The molecule has 1 saturated heterocycles. The van der Waals surface area contributed by atoms with Crippen molar-refractivity contribution in [3.05, 3.63) is 90.2 Å². The van der Waals surface area contributed by atoms with Crippen LogP contribution >= 0.6 is 0 Å². The molecular formula is C30H28FN5O4. The van der Waals surface area contributed by atoms with E-state index in [4.69, 9.17) is 20.8 Å². The van der Waals surface area contributed by atoms with Gasteiger partial charge >= 0.3 is 6.03 Å². The number of carbonyl (C=O) groups is 1. The standard InChI is InChI=1S/C30H28FN5O4/c1-32-27-19-23-26(20-29(27)39-15-5-12-36-13-16-38-17-14-36)33-11-10-28(23)40-22-8-9-25(24(31)18-22)35-30(37)34-21-6-3-2-4-7-21/h2-4,6-11,18-20H,5,12-17H2,(H2,34,35,37). The van der Waals surface area contributed by atoms with E-state index < -0.39 is 11.8 Å². The number of hydrogen-bond donors (Lipinski definition) is 2. The molecule has 9 nitrogen and oxygen atoms in total. The van der Waals surface area contributed by atoms with Gasteiger partial charge in [0, 0.05) is 43.0 Å². The Morgan fingerprint density at radius 3 is 2.65 bits per heavy atom. The highest BCUT2D eigenvalue weighted by molar-refractivity contribution is 5.99. The molecule has 1 aromatic heterocycles. The number of hydrogen-bond acceptors (Lipinski definition) is 6. The number of halogens is 1. The number of urea groups is 1. The minimum absolute atomic E-state index is 0.00562. The fourth-order valence-corrected chi connectivity index (χ4v) is 4.32. The van der Waals surface area contributed by atoms with Crippen LogP contribution in [0.2, 0.25) is 0 Å². The SMILES string of the molecule is [C-]#[N+]c1cc2c(Oc3ccc(NC(=O)Nc4ccccc4)c(F)c3)ccnc2cc1OCCCN1CCOCC1. The summed E-state index contributed by atoms with van der Waals surface area (Å²) in [5, 5.41) is 5.73. The third kappa shape index (κ3) is 6.83. The number of anilines is 2. The largest absolute Gasteiger partial charge is 0.504 e. The highest BCUT2D eigenvalue weighted by Gasteiger charge is 2.14. The maximum Gasteiger partial charge on any atom is 0.323 e. The fraction of sp³-hybridized carbons (Fsp3) is 0.233. The van der Waals surface area contributed by atoms with Crippen LogP contribution < -0.4 is 20.1 Å². The third-order valence-electron chi connectivity index (χ3n) is 6.33. The zero-order valence-corrected chi connectivity index (χ0v) is 21.7. The van der Waals surface area contributed by atoms with Crippen LogP contribution in [-0.2, 0) is 4.74 Å². The number of pyridine rings is 1. The Hall–Kier alpha value is -4.72. The monoisotopic (exact) mass is 541 g/mol. The Morgan fingerprint density at radius 2 is 1.88 bits per heavy atom. The van der Waals surface area contributed by atoms with Crippen LogP contribution in [0.1, 0.15) is 6.42 Å². The molecule has 40 heavy (non-hydrogen) atoms. The predicted molar refractivity (Wildman–Crippen MR) is 151 cm³/mol. The van der Waals surface area contributed by atoms with E-state index in [9.17, 15) is 9.18 Å². The lowest BCUT2D eigenvalue weighted by Crippen LogP contribution is -2.37. The molecule has 2 N–H and O–H groups in total. The Kier molecular flexibility index (Phi) is 8.66. The van der Waals surface area contributed by atoms with E-state index in [2.05, 4.69) is 25.4 Å². The number of carbonyl (C=O) groups excluding carboxylic acids is 1. The minimum Gasteiger partial charge on any atom is -0.504 e. The van der Waals surface area contributed by atoms with Gasteiger partial charge in [0.1, 0.15) is 23.1 Å². The number of amides is 2. The molecule has 1 aliphatic rings. The number of nitrogens with zero attached hydrogens (tertiary/aromatic N) is 3. The maximum absolute atomic E-state index is 14.8. The van der Waals surface area contributed by atoms with Gasteiger partial charge in [0.25, 0.3) is 0 Å². The van der Waals surface area contributed by atoms with Crippen LogP contribution in [0.25, 0.3) is 15.7 Å². The van der Waals surface area contributed by atoms with E-state index >= 15 is 0 Å². The number of fused-ring (bicyclic) bond motifs is 1. The van der Waals surface area contributed by atoms with E-state index in [1.807, 2.05) is 6.07 Å². The first kappa shape index (κ1) is 26.9. The zero-order chi connectivity index (χ0) is 27.7. The van der Waals surface area contributed by atoms with E-state index in [0.717, 1.165) is 39.3 Å². The number of rotatable bonds is 9. The van der Waals surface area contributed by atoms with Gasteiger partial charge in [-0.05, 0) is 48.9 Å². The molecule has 204 valence electrons. The van der Waals surface area contributed by atoms with Gasteiger partial charge in [-0.25, -0.2) is 14.0 Å². The van der Waals surface area contributed by atoms with Gasteiger partial charge in [0.05, 0.1) is 37.6 Å². The summed E-state index contributed by atoms with van der Waals surface area (Å²) in [6.07, 6.45) is 2.41. The van der Waals surface area contributed by atoms with Gasteiger partial charge in [-0.3, -0.25) is 9.88 Å². The Morgan fingerprint density at radius 1 is 1.05 bits per heavy atom. The molecule has 0 radical (unpaired) electrons. The smallest absolute Gasteiger partial charge is 0.323 e. The normalized spacial score (nSPS) is 13.4. The molecule has 3 aromatic carbocycles. The third-order valence-corrected chi connectivity index (χ3v) is 6.33. The van der Waals surface area contributed by atoms with Gasteiger partial charge < -0.3 is 24.8 Å². The molecule has 10 heteroatoms. The average Bonchev–Trinajstić information content (AvgIpc) is 2.97. The van der Waals surface area contributed by atoms with Crippen molar-refractivity contribution >= 4 is 34.0 Å². The minimum atomic E-state index is -0.659. The summed E-state index contributed by atoms with van der Waals surface area (Å²) in [5.74, 6) is 0.445. The van der Waals surface area contributed by atoms with Crippen molar-refractivity contribution in [2.45, 2.75) is 6.42 Å². The maximum atomic E-state index is 14.8. The molecule has 0 aliphatic carbocycles. The van der Waals surface area contributed by atoms with Gasteiger partial charge in [-0.2, -0.15) is 0 Å². The second kappa shape index (κ2) is 12.9. The molecular weight excluding hydrogens is 513 g/mol. The van der Waals surface area contributed by atoms with Crippen LogP contribution in [0.5, 0.6) is 17.2 Å². The number of morpholine rings is 1. The number of benzene rings is 3. The Balaban J connectivity index is 1.25. The van der Waals surface area contributed by atoms with E-state index in [0.29, 0.717) is 40.4 Å². The first-order valence-electron chi connectivity index (χ1n) is 12.9. The van der Waals surface area contributed by atoms with Gasteiger partial charge in [-0.1, -0.05) is 18.2 Å². The molecule has 1 fully saturated rings. The molecule has 0 atom stereocenters. The van der Waals surface area contributed by atoms with Crippen molar-refractivity contribution in [2.75, 3.05) is 50.1 Å². The summed E-state index contributed by atoms with van der Waals surface area (Å²) in [7, 11) is 0. The summed E-state index contributed by atoms with van der Waals surface area (Å²) in [4.78, 5) is 22.6. The molecule has 0 spiro atoms. The first-order chi connectivity index (χ1) is 19.6. The number of para-hydroxylation sites is 1. The highest BCUT2D eigenvalue weighted by Crippen LogP contribution is 2.37. The quantitative estimate of drug-likeness (QED) is 0.187. The van der Waals surface area contributed by atoms with E-state index in [1.165, 1.54) is 12.1 Å². The predicted octanol–water partition coefficient (Wildman–Crippen LogP) is 6.46. The van der Waals surface area contributed by atoms with Crippen LogP contribution in [-0.4, -0.2) is 55.4 Å². The lowest BCUT2D eigenvalue weighted by molar-refractivity contribution is 0.0358. The Labute approximate surface area is 231 Å². The zero-order valence-electron chi connectivity index (χ0n) is 21.7. The lowest BCUT2D eigenvalue weighted by atomic mass is 10.1. The number of ether oxygens (including phenoxy) is 3. The molecule has 0 saturated carbocycles. The van der Waals surface area contributed by atoms with Crippen LogP contribution in [0.15, 0.2) is 72.9 Å². The summed E-state index contributed by atoms with van der Waals surface area (Å²) in [5.41, 5.74) is 1.52. The van der Waals surface area contributed by atoms with E-state index in [-0.39, 0.29) is 11.4 Å². The number of aromatic nitrogens is 1. The molecule has 2 heterocycles. The van der Waals surface area contributed by atoms with Gasteiger partial charge in [-0.15, -0.1) is 0 Å². The first-order valence-corrected chi connectivity index (χ1v) is 12.9. The molecule has 2 amide bonds. The highest BCUT2D eigenvalue weighted by atomic mass is 19.1. The van der Waals surface area contributed by atoms with Crippen molar-refractivity contribution in [3.63, 3.8) is 0 Å². The van der Waals surface area contributed by atoms with Crippen molar-refractivity contribution in [3.8, 4) is 17.2 Å². The van der Waals surface area contributed by atoms with Crippen LogP contribution in [0.4, 0.5) is 26.2 Å². The molecule has 0 bridgehead atoms. The fourth-order valence-electron chi connectivity index (χ4n) is 4.32.